The van der Waals surface area contributed by atoms with Gasteiger partial charge in [-0.05, 0) is 86.9 Å². The number of ether oxygens (including phenoxy) is 1. The van der Waals surface area contributed by atoms with Crippen LogP contribution >= 0.6 is 0 Å². The standard InChI is InChI=1S/C28H27N5O2/c1-20-16-22(6-8-26(20)35-18-23-4-2-3-13-30-23)33-27-24-17-21(5-7-25(24)31-19-32-27)9-10-28(34)11-14-29-15-12-28/h2-8,13,16-17,19,29,34H,11-12,14-15,18H2,1H3,(H,31,32,33). The maximum absolute atomic E-state index is 10.7. The molecule has 2 aromatic heterocycles. The van der Waals surface area contributed by atoms with Crippen molar-refractivity contribution >= 4 is 22.4 Å². The lowest BCUT2D eigenvalue weighted by atomic mass is 9.93. The van der Waals surface area contributed by atoms with Gasteiger partial charge in [0.1, 0.15) is 30.1 Å². The second-order valence-electron chi connectivity index (χ2n) is 8.70. The summed E-state index contributed by atoms with van der Waals surface area (Å²) in [6.45, 7) is 3.98. The number of anilines is 2. The molecule has 0 amide bonds. The maximum atomic E-state index is 10.7. The van der Waals surface area contributed by atoms with Gasteiger partial charge in [-0.25, -0.2) is 9.97 Å². The molecule has 0 aliphatic carbocycles. The highest BCUT2D eigenvalue weighted by molar-refractivity contribution is 5.91. The molecular weight excluding hydrogens is 438 g/mol. The molecule has 0 spiro atoms. The largest absolute Gasteiger partial charge is 0.487 e. The van der Waals surface area contributed by atoms with E-state index < -0.39 is 5.60 Å². The number of pyridine rings is 1. The third-order valence-electron chi connectivity index (χ3n) is 6.04. The van der Waals surface area contributed by atoms with Crippen LogP contribution in [-0.2, 0) is 6.61 Å². The number of aliphatic hydroxyl groups is 1. The number of hydrogen-bond donors (Lipinski definition) is 3. The summed E-state index contributed by atoms with van der Waals surface area (Å²) in [6.07, 6.45) is 4.57. The van der Waals surface area contributed by atoms with Gasteiger partial charge in [0.2, 0.25) is 0 Å². The fraction of sp³-hybridized carbons (Fsp3) is 0.250. The smallest absolute Gasteiger partial charge is 0.141 e. The molecule has 5 rings (SSSR count). The Kier molecular flexibility index (Phi) is 6.57. The van der Waals surface area contributed by atoms with Gasteiger partial charge in [-0.1, -0.05) is 17.9 Å². The number of aromatic nitrogens is 3. The van der Waals surface area contributed by atoms with Gasteiger partial charge in [-0.3, -0.25) is 4.98 Å². The summed E-state index contributed by atoms with van der Waals surface area (Å²) in [5.41, 5.74) is 3.48. The van der Waals surface area contributed by atoms with Crippen LogP contribution in [0.2, 0.25) is 0 Å². The molecule has 7 nitrogen and oxygen atoms in total. The number of nitrogens with zero attached hydrogens (tertiary/aromatic N) is 3. The second kappa shape index (κ2) is 10.1. The predicted molar refractivity (Wildman–Crippen MR) is 137 cm³/mol. The molecule has 2 aromatic carbocycles. The lowest BCUT2D eigenvalue weighted by molar-refractivity contribution is 0.0679. The topological polar surface area (TPSA) is 92.2 Å². The molecule has 1 saturated heterocycles. The molecule has 7 heteroatoms. The van der Waals surface area contributed by atoms with Crippen LogP contribution in [0.1, 0.15) is 29.7 Å². The molecule has 35 heavy (non-hydrogen) atoms. The first-order chi connectivity index (χ1) is 17.1. The molecule has 0 saturated carbocycles. The van der Waals surface area contributed by atoms with E-state index in [0.29, 0.717) is 25.3 Å². The van der Waals surface area contributed by atoms with Gasteiger partial charge in [-0.15, -0.1) is 0 Å². The first-order valence-corrected chi connectivity index (χ1v) is 11.7. The molecule has 1 fully saturated rings. The number of rotatable bonds is 5. The highest BCUT2D eigenvalue weighted by Crippen LogP contribution is 2.28. The molecule has 0 bridgehead atoms. The third-order valence-corrected chi connectivity index (χ3v) is 6.04. The Morgan fingerprint density at radius 3 is 2.74 bits per heavy atom. The van der Waals surface area contributed by atoms with Crippen LogP contribution in [0.5, 0.6) is 5.75 Å². The Hall–Kier alpha value is -3.99. The number of fused-ring (bicyclic) bond motifs is 1. The Morgan fingerprint density at radius 2 is 1.94 bits per heavy atom. The summed E-state index contributed by atoms with van der Waals surface area (Å²) >= 11 is 0. The molecule has 4 aromatic rings. The van der Waals surface area contributed by atoms with Crippen molar-refractivity contribution < 1.29 is 9.84 Å². The van der Waals surface area contributed by atoms with Crippen LogP contribution < -0.4 is 15.4 Å². The minimum Gasteiger partial charge on any atom is -0.487 e. The number of aryl methyl sites for hydroxylation is 1. The van der Waals surface area contributed by atoms with Crippen molar-refractivity contribution in [3.63, 3.8) is 0 Å². The summed E-state index contributed by atoms with van der Waals surface area (Å²) in [5, 5.41) is 18.2. The van der Waals surface area contributed by atoms with Crippen molar-refractivity contribution in [2.75, 3.05) is 18.4 Å². The van der Waals surface area contributed by atoms with E-state index in [1.54, 1.807) is 12.5 Å². The Bertz CT molecular complexity index is 1390. The lowest BCUT2D eigenvalue weighted by Gasteiger charge is -2.27. The van der Waals surface area contributed by atoms with E-state index in [-0.39, 0.29) is 0 Å². The van der Waals surface area contributed by atoms with E-state index in [0.717, 1.165) is 52.3 Å². The SMILES string of the molecule is Cc1cc(Nc2ncnc3ccc(C#CC4(O)CCNCC4)cc23)ccc1OCc1ccccn1. The third kappa shape index (κ3) is 5.57. The predicted octanol–water partition coefficient (Wildman–Crippen LogP) is 4.12. The average molecular weight is 466 g/mol. The maximum Gasteiger partial charge on any atom is 0.141 e. The van der Waals surface area contributed by atoms with Crippen LogP contribution in [-0.4, -0.2) is 38.7 Å². The second-order valence-corrected chi connectivity index (χ2v) is 8.70. The normalized spacial score (nSPS) is 14.7. The van der Waals surface area contributed by atoms with Crippen molar-refractivity contribution in [2.24, 2.45) is 0 Å². The van der Waals surface area contributed by atoms with Gasteiger partial charge >= 0.3 is 0 Å². The van der Waals surface area contributed by atoms with Crippen molar-refractivity contribution in [1.82, 2.24) is 20.3 Å². The molecule has 176 valence electrons. The lowest BCUT2D eigenvalue weighted by Crippen LogP contribution is -2.40. The quantitative estimate of drug-likeness (QED) is 0.382. The fourth-order valence-corrected chi connectivity index (χ4v) is 4.05. The zero-order valence-corrected chi connectivity index (χ0v) is 19.6. The van der Waals surface area contributed by atoms with Crippen LogP contribution in [0.15, 0.2) is 67.1 Å². The fourth-order valence-electron chi connectivity index (χ4n) is 4.05. The first kappa shape index (κ1) is 22.8. The zero-order chi connectivity index (χ0) is 24.1. The van der Waals surface area contributed by atoms with Crippen LogP contribution in [0, 0.1) is 18.8 Å². The Labute approximate surface area is 204 Å². The van der Waals surface area contributed by atoms with Gasteiger partial charge in [0.15, 0.2) is 0 Å². The van der Waals surface area contributed by atoms with Gasteiger partial charge < -0.3 is 20.5 Å². The Morgan fingerprint density at radius 1 is 1.06 bits per heavy atom. The van der Waals surface area contributed by atoms with E-state index in [9.17, 15) is 5.11 Å². The van der Waals surface area contributed by atoms with Crippen molar-refractivity contribution in [3.05, 3.63) is 83.9 Å². The highest BCUT2D eigenvalue weighted by Gasteiger charge is 2.26. The summed E-state index contributed by atoms with van der Waals surface area (Å²) in [5.74, 6) is 7.72. The molecule has 0 atom stereocenters. The zero-order valence-electron chi connectivity index (χ0n) is 19.6. The molecule has 0 radical (unpaired) electrons. The van der Waals surface area contributed by atoms with Gasteiger partial charge in [0.05, 0.1) is 11.2 Å². The Balaban J connectivity index is 1.35. The van der Waals surface area contributed by atoms with Gasteiger partial charge in [0, 0.05) is 22.8 Å². The molecule has 3 N–H and O–H groups in total. The average Bonchev–Trinajstić information content (AvgIpc) is 2.88. The summed E-state index contributed by atoms with van der Waals surface area (Å²) in [6, 6.07) is 17.5. The van der Waals surface area contributed by atoms with Crippen LogP contribution in [0.25, 0.3) is 10.9 Å². The molecule has 3 heterocycles. The molecule has 1 aliphatic rings. The minimum absolute atomic E-state index is 0.417. The minimum atomic E-state index is -0.938. The van der Waals surface area contributed by atoms with Crippen LogP contribution in [0.4, 0.5) is 11.5 Å². The summed E-state index contributed by atoms with van der Waals surface area (Å²) in [4.78, 5) is 13.2. The van der Waals surface area contributed by atoms with Crippen LogP contribution in [0.3, 0.4) is 0 Å². The monoisotopic (exact) mass is 465 g/mol. The number of benzene rings is 2. The van der Waals surface area contributed by atoms with Gasteiger partial charge in [-0.2, -0.15) is 0 Å². The van der Waals surface area contributed by atoms with Crippen molar-refractivity contribution in [3.8, 4) is 17.6 Å². The molecular formula is C28H27N5O2. The molecule has 0 unspecified atom stereocenters. The van der Waals surface area contributed by atoms with E-state index in [1.807, 2.05) is 61.5 Å². The first-order valence-electron chi connectivity index (χ1n) is 11.7. The number of piperidine rings is 1. The number of nitrogens with one attached hydrogen (secondary N) is 2. The number of hydrogen-bond acceptors (Lipinski definition) is 7. The van der Waals surface area contributed by atoms with E-state index in [4.69, 9.17) is 4.74 Å². The van der Waals surface area contributed by atoms with Crippen molar-refractivity contribution in [2.45, 2.75) is 32.0 Å². The summed E-state index contributed by atoms with van der Waals surface area (Å²) < 4.78 is 5.94. The van der Waals surface area contributed by atoms with E-state index in [2.05, 4.69) is 37.4 Å². The van der Waals surface area contributed by atoms with Crippen molar-refractivity contribution in [1.29, 1.82) is 0 Å². The van der Waals surface area contributed by atoms with E-state index in [1.165, 1.54) is 0 Å². The molecule has 1 aliphatic heterocycles. The van der Waals surface area contributed by atoms with Gasteiger partial charge in [0.25, 0.3) is 0 Å². The highest BCUT2D eigenvalue weighted by atomic mass is 16.5. The summed E-state index contributed by atoms with van der Waals surface area (Å²) in [7, 11) is 0. The van der Waals surface area contributed by atoms with E-state index >= 15 is 0 Å².